The summed E-state index contributed by atoms with van der Waals surface area (Å²) in [4.78, 5) is 122. The van der Waals surface area contributed by atoms with Gasteiger partial charge in [-0.05, 0) is 57.9 Å². The number of aliphatic carboxylic acids is 2. The normalized spacial score (nSPS) is 15.7. The van der Waals surface area contributed by atoms with Crippen LogP contribution in [0.15, 0.2) is 12.5 Å². The van der Waals surface area contributed by atoms with E-state index in [4.69, 9.17) is 11.5 Å². The number of rotatable bonds is 28. The van der Waals surface area contributed by atoms with Crippen molar-refractivity contribution in [2.75, 3.05) is 13.1 Å². The number of aromatic nitrogens is 2. The minimum atomic E-state index is -1.75. The van der Waals surface area contributed by atoms with E-state index in [-0.39, 0.29) is 37.6 Å². The molecular formula is C37H63N11O13. The molecule has 1 heterocycles. The molecule has 0 aliphatic carbocycles. The molecule has 0 saturated carbocycles. The molecule has 0 radical (unpaired) electrons. The minimum Gasteiger partial charge on any atom is -0.481 e. The van der Waals surface area contributed by atoms with Crippen molar-refractivity contribution >= 4 is 53.3 Å². The number of nitrogens with zero attached hydrogens (tertiary/aromatic N) is 1. The molecule has 0 aliphatic rings. The molecule has 24 heteroatoms. The molecule has 344 valence electrons. The zero-order valence-electron chi connectivity index (χ0n) is 35.2. The minimum absolute atomic E-state index is 0.0301. The summed E-state index contributed by atoms with van der Waals surface area (Å²) in [5.74, 6) is -10.1. The molecule has 1 aromatic rings. The monoisotopic (exact) mass is 869 g/mol. The van der Waals surface area contributed by atoms with Gasteiger partial charge >= 0.3 is 11.9 Å². The van der Waals surface area contributed by atoms with Crippen molar-refractivity contribution in [1.29, 1.82) is 0 Å². The maximum atomic E-state index is 13.5. The Morgan fingerprint density at radius 3 is 1.72 bits per heavy atom. The second-order valence-electron chi connectivity index (χ2n) is 15.4. The Kier molecular flexibility index (Phi) is 23.1. The molecule has 9 atom stereocenters. The molecular weight excluding hydrogens is 806 g/mol. The molecule has 24 nitrogen and oxygen atoms in total. The Labute approximate surface area is 352 Å². The van der Waals surface area contributed by atoms with Crippen LogP contribution < -0.4 is 48.7 Å². The Morgan fingerprint density at radius 1 is 0.689 bits per heavy atom. The van der Waals surface area contributed by atoms with Crippen molar-refractivity contribution in [2.24, 2.45) is 23.3 Å². The zero-order valence-corrected chi connectivity index (χ0v) is 35.2. The highest BCUT2D eigenvalue weighted by atomic mass is 16.4. The van der Waals surface area contributed by atoms with Crippen molar-refractivity contribution in [2.45, 2.75) is 135 Å². The van der Waals surface area contributed by atoms with E-state index < -0.39 is 121 Å². The van der Waals surface area contributed by atoms with E-state index in [0.717, 1.165) is 13.8 Å². The number of aromatic amines is 1. The van der Waals surface area contributed by atoms with Gasteiger partial charge in [0.1, 0.15) is 36.3 Å². The van der Waals surface area contributed by atoms with Gasteiger partial charge in [-0.2, -0.15) is 0 Å². The van der Waals surface area contributed by atoms with E-state index in [1.54, 1.807) is 27.7 Å². The number of carbonyl (C=O) groups is 9. The average Bonchev–Trinajstić information content (AvgIpc) is 3.68. The Balaban J connectivity index is 3.18. The molecule has 1 rings (SSSR count). The maximum Gasteiger partial charge on any atom is 0.326 e. The third-order valence-electron chi connectivity index (χ3n) is 9.11. The second-order valence-corrected chi connectivity index (χ2v) is 15.4. The lowest BCUT2D eigenvalue weighted by molar-refractivity contribution is -0.143. The third-order valence-corrected chi connectivity index (χ3v) is 9.11. The van der Waals surface area contributed by atoms with Crippen LogP contribution in [0.25, 0.3) is 0 Å². The number of aliphatic hydroxyl groups excluding tert-OH is 2. The molecule has 61 heavy (non-hydrogen) atoms. The molecule has 16 N–H and O–H groups in total. The lowest BCUT2D eigenvalue weighted by Crippen LogP contribution is -2.62. The lowest BCUT2D eigenvalue weighted by atomic mass is 10.0. The number of amides is 7. The van der Waals surface area contributed by atoms with Gasteiger partial charge in [0.2, 0.25) is 41.4 Å². The number of carboxylic acid groups (broad SMARTS) is 2. The maximum absolute atomic E-state index is 13.5. The highest BCUT2D eigenvalue weighted by Gasteiger charge is 2.36. The van der Waals surface area contributed by atoms with E-state index in [1.807, 2.05) is 0 Å². The average molecular weight is 870 g/mol. The van der Waals surface area contributed by atoms with Crippen LogP contribution in [0.2, 0.25) is 0 Å². The van der Waals surface area contributed by atoms with Crippen LogP contribution in [0.4, 0.5) is 0 Å². The first-order valence-electron chi connectivity index (χ1n) is 19.8. The van der Waals surface area contributed by atoms with Crippen LogP contribution in [0.5, 0.6) is 0 Å². The molecule has 0 saturated heterocycles. The number of nitrogens with one attached hydrogen (secondary N) is 8. The van der Waals surface area contributed by atoms with Gasteiger partial charge in [-0.25, -0.2) is 9.78 Å². The fraction of sp³-hybridized carbons (Fsp3) is 0.676. The van der Waals surface area contributed by atoms with E-state index in [0.29, 0.717) is 18.5 Å². The Hall–Kier alpha value is -5.72. The van der Waals surface area contributed by atoms with Crippen molar-refractivity contribution in [3.8, 4) is 0 Å². The van der Waals surface area contributed by atoms with Gasteiger partial charge in [0.15, 0.2) is 0 Å². The zero-order chi connectivity index (χ0) is 46.6. The van der Waals surface area contributed by atoms with Crippen molar-refractivity contribution in [3.63, 3.8) is 0 Å². The summed E-state index contributed by atoms with van der Waals surface area (Å²) in [6, 6.07) is -10.3. The molecule has 0 bridgehead atoms. The number of hydrogen-bond acceptors (Lipinski definition) is 14. The molecule has 1 aromatic heterocycles. The Bertz CT molecular complexity index is 1640. The number of carbonyl (C=O) groups excluding carboxylic acids is 7. The SMILES string of the molecule is CC(C)C[C@H](NC(=O)[C@@H](NC(=O)[C@@H](NC(=O)[C@H](CCCCN)NC(=O)CNC(=O)[C@H](Cc1cnc[nH]1)NC(=O)[C@H](CC(=O)O)NC(=O)[C@@H](N)C(C)C)[C@@H](C)O)[C@@H](C)O)C(=O)O. The number of hydrogen-bond donors (Lipinski definition) is 14. The smallest absolute Gasteiger partial charge is 0.326 e. The van der Waals surface area contributed by atoms with E-state index >= 15 is 0 Å². The highest BCUT2D eigenvalue weighted by Crippen LogP contribution is 2.09. The lowest BCUT2D eigenvalue weighted by Gasteiger charge is -2.28. The molecule has 0 aliphatic heterocycles. The van der Waals surface area contributed by atoms with Gasteiger partial charge in [-0.1, -0.05) is 27.7 Å². The third kappa shape index (κ3) is 19.5. The van der Waals surface area contributed by atoms with Crippen LogP contribution in [-0.2, 0) is 49.6 Å². The number of aliphatic hydroxyl groups is 2. The van der Waals surface area contributed by atoms with Gasteiger partial charge in [0.25, 0.3) is 0 Å². The summed E-state index contributed by atoms with van der Waals surface area (Å²) in [7, 11) is 0. The van der Waals surface area contributed by atoms with Crippen LogP contribution in [0.3, 0.4) is 0 Å². The first-order chi connectivity index (χ1) is 28.5. The second kappa shape index (κ2) is 26.5. The predicted octanol–water partition coefficient (Wildman–Crippen LogP) is -4.54. The fourth-order valence-corrected chi connectivity index (χ4v) is 5.61. The largest absolute Gasteiger partial charge is 0.481 e. The van der Waals surface area contributed by atoms with Crippen LogP contribution in [-0.4, -0.2) is 151 Å². The summed E-state index contributed by atoms with van der Waals surface area (Å²) < 4.78 is 0. The summed E-state index contributed by atoms with van der Waals surface area (Å²) in [6.07, 6.45) is -0.831. The molecule has 0 aromatic carbocycles. The summed E-state index contributed by atoms with van der Waals surface area (Å²) in [5.41, 5.74) is 11.8. The van der Waals surface area contributed by atoms with Gasteiger partial charge < -0.3 is 74.1 Å². The molecule has 7 amide bonds. The van der Waals surface area contributed by atoms with E-state index in [9.17, 15) is 63.6 Å². The number of carboxylic acids is 2. The number of imidazole rings is 1. The first kappa shape index (κ1) is 53.3. The van der Waals surface area contributed by atoms with Crippen molar-refractivity contribution in [3.05, 3.63) is 18.2 Å². The summed E-state index contributed by atoms with van der Waals surface area (Å²) in [6.45, 7) is 8.54. The Morgan fingerprint density at radius 2 is 1.23 bits per heavy atom. The quantitative estimate of drug-likeness (QED) is 0.0353. The van der Waals surface area contributed by atoms with Gasteiger partial charge in [0, 0.05) is 18.3 Å². The molecule has 0 fully saturated rings. The van der Waals surface area contributed by atoms with Crippen LogP contribution in [0, 0.1) is 11.8 Å². The van der Waals surface area contributed by atoms with E-state index in [2.05, 4.69) is 47.2 Å². The highest BCUT2D eigenvalue weighted by molar-refractivity contribution is 5.97. The number of nitrogens with two attached hydrogens (primary N) is 2. The summed E-state index contributed by atoms with van der Waals surface area (Å²) in [5, 5.41) is 56.0. The van der Waals surface area contributed by atoms with Crippen LogP contribution in [0.1, 0.15) is 79.3 Å². The molecule has 0 unspecified atom stereocenters. The predicted molar refractivity (Wildman–Crippen MR) is 215 cm³/mol. The van der Waals surface area contributed by atoms with Crippen molar-refractivity contribution < 1.29 is 63.6 Å². The number of unbranched alkanes of at least 4 members (excludes halogenated alkanes) is 1. The standard InChI is InChI=1S/C37H63N11O13/c1-17(2)11-25(37(60)61)46-35(58)29(19(5)49)48-36(59)30(20(6)50)47-32(55)22(9-7-8-10-38)43-26(51)15-41-31(54)23(12-21-14-40-16-42-21)44-33(56)24(13-27(52)53)45-34(57)28(39)18(3)4/h14,16-20,22-25,28-30,49-50H,7-13,15,38-39H2,1-6H3,(H,40,42)(H,41,54)(H,43,51)(H,44,56)(H,45,57)(H,46,58)(H,47,55)(H,48,59)(H,52,53)(H,60,61)/t19-,20-,22+,23+,24+,25+,28+,29+,30+/m1/s1. The summed E-state index contributed by atoms with van der Waals surface area (Å²) >= 11 is 0. The van der Waals surface area contributed by atoms with E-state index in [1.165, 1.54) is 12.5 Å². The van der Waals surface area contributed by atoms with Crippen molar-refractivity contribution in [1.82, 2.24) is 47.2 Å². The first-order valence-corrected chi connectivity index (χ1v) is 19.8. The van der Waals surface area contributed by atoms with Gasteiger partial charge in [0.05, 0.1) is 37.5 Å². The fourth-order valence-electron chi connectivity index (χ4n) is 5.61. The van der Waals surface area contributed by atoms with Gasteiger partial charge in [-0.3, -0.25) is 38.4 Å². The van der Waals surface area contributed by atoms with Gasteiger partial charge in [-0.15, -0.1) is 0 Å². The number of H-pyrrole nitrogens is 1. The van der Waals surface area contributed by atoms with Crippen LogP contribution >= 0.6 is 0 Å². The molecule has 0 spiro atoms. The topological polar surface area (TPSA) is 399 Å².